The number of fused-ring (bicyclic) bond motifs is 3. The lowest BCUT2D eigenvalue weighted by Crippen LogP contribution is -2.18. The number of anilines is 1. The molecule has 1 aliphatic rings. The maximum absolute atomic E-state index is 13.7. The van der Waals surface area contributed by atoms with Gasteiger partial charge in [0.15, 0.2) is 17.3 Å². The Balaban J connectivity index is 1.24. The molecule has 0 saturated heterocycles. The van der Waals surface area contributed by atoms with Crippen LogP contribution in [0.3, 0.4) is 0 Å². The van der Waals surface area contributed by atoms with E-state index >= 15 is 0 Å². The smallest absolute Gasteiger partial charge is 0.335 e. The highest BCUT2D eigenvalue weighted by Gasteiger charge is 2.33. The van der Waals surface area contributed by atoms with Crippen molar-refractivity contribution in [2.75, 3.05) is 5.01 Å². The summed E-state index contributed by atoms with van der Waals surface area (Å²) in [7, 11) is 0. The number of nitrogens with zero attached hydrogens (tertiary/aromatic N) is 3. The van der Waals surface area contributed by atoms with E-state index in [0.717, 1.165) is 51.6 Å². The summed E-state index contributed by atoms with van der Waals surface area (Å²) in [5.74, 6) is 1.36. The summed E-state index contributed by atoms with van der Waals surface area (Å²) < 4.78 is 14.4. The number of ketones is 1. The fraction of sp³-hybridized carbons (Fsp3) is 0.222. The Morgan fingerprint density at radius 2 is 1.57 bits per heavy atom. The van der Waals surface area contributed by atoms with Crippen molar-refractivity contribution in [1.29, 1.82) is 0 Å². The third-order valence-corrected chi connectivity index (χ3v) is 10.5. The van der Waals surface area contributed by atoms with E-state index in [4.69, 9.17) is 13.9 Å². The van der Waals surface area contributed by atoms with Crippen LogP contribution < -0.4 is 5.01 Å². The summed E-state index contributed by atoms with van der Waals surface area (Å²) >= 11 is 0. The van der Waals surface area contributed by atoms with Crippen molar-refractivity contribution in [2.24, 2.45) is 11.0 Å². The molecule has 0 bridgehead atoms. The zero-order valence-electron chi connectivity index (χ0n) is 29.9. The maximum Gasteiger partial charge on any atom is 0.335 e. The minimum absolute atomic E-state index is 0.00181. The first-order valence-electron chi connectivity index (χ1n) is 18.4. The van der Waals surface area contributed by atoms with Gasteiger partial charge in [-0.05, 0) is 84.1 Å². The molecule has 53 heavy (non-hydrogen) atoms. The predicted octanol–water partition coefficient (Wildman–Crippen LogP) is 11.1. The standard InChI is InChI=1S/C45H41N3O5/c1-3-5-10-29(4-2)28-47-38-20-18-33(25-35(38)36-26-34(19-21-39(36)47)44(49)31-11-7-6-8-12-31)40-27-37(30-14-16-32(17-15-30)45(50)51)46-48(40)43-23-22-42(53-43)41-13-9-24-52-41/h6-9,11-26,29,40H,3-5,10,27-28H2,1-2H3,(H,50,51). The van der Waals surface area contributed by atoms with E-state index in [2.05, 4.69) is 48.7 Å². The summed E-state index contributed by atoms with van der Waals surface area (Å²) in [5, 5.41) is 18.6. The van der Waals surface area contributed by atoms with Gasteiger partial charge in [0, 0.05) is 52.0 Å². The molecule has 2 unspecified atom stereocenters. The van der Waals surface area contributed by atoms with Gasteiger partial charge < -0.3 is 18.5 Å². The van der Waals surface area contributed by atoms with Crippen molar-refractivity contribution in [3.05, 3.63) is 149 Å². The number of carboxylic acid groups (broad SMARTS) is 1. The Morgan fingerprint density at radius 1 is 0.811 bits per heavy atom. The monoisotopic (exact) mass is 703 g/mol. The molecule has 0 saturated carbocycles. The van der Waals surface area contributed by atoms with Gasteiger partial charge in [-0.2, -0.15) is 5.10 Å². The Labute approximate surface area is 308 Å². The highest BCUT2D eigenvalue weighted by Crippen LogP contribution is 2.41. The van der Waals surface area contributed by atoms with E-state index in [9.17, 15) is 14.7 Å². The van der Waals surface area contributed by atoms with Crippen LogP contribution in [0.25, 0.3) is 33.3 Å². The molecule has 0 aliphatic carbocycles. The predicted molar refractivity (Wildman–Crippen MR) is 209 cm³/mol. The number of unbranched alkanes of at least 4 members (excludes halogenated alkanes) is 1. The summed E-state index contributed by atoms with van der Waals surface area (Å²) in [5.41, 5.74) is 6.51. The van der Waals surface area contributed by atoms with Crippen LogP contribution >= 0.6 is 0 Å². The van der Waals surface area contributed by atoms with Gasteiger partial charge in [-0.25, -0.2) is 9.80 Å². The zero-order valence-corrected chi connectivity index (χ0v) is 29.9. The molecule has 4 aromatic carbocycles. The minimum Gasteiger partial charge on any atom is -0.478 e. The first kappa shape index (κ1) is 34.0. The van der Waals surface area contributed by atoms with Gasteiger partial charge in [-0.1, -0.05) is 81.6 Å². The quantitative estimate of drug-likeness (QED) is 0.120. The lowest BCUT2D eigenvalue weighted by Gasteiger charge is -2.22. The Kier molecular flexibility index (Phi) is 9.27. The lowest BCUT2D eigenvalue weighted by atomic mass is 9.96. The average molecular weight is 704 g/mol. The molecule has 1 N–H and O–H groups in total. The number of rotatable bonds is 13. The first-order chi connectivity index (χ1) is 25.9. The maximum atomic E-state index is 13.7. The van der Waals surface area contributed by atoms with Gasteiger partial charge >= 0.3 is 5.97 Å². The fourth-order valence-corrected chi connectivity index (χ4v) is 7.55. The number of furan rings is 2. The van der Waals surface area contributed by atoms with E-state index < -0.39 is 5.97 Å². The molecule has 8 nitrogen and oxygen atoms in total. The van der Waals surface area contributed by atoms with Crippen molar-refractivity contribution < 1.29 is 23.5 Å². The third kappa shape index (κ3) is 6.57. The Bertz CT molecular complexity index is 2440. The normalized spacial score (nSPS) is 14.9. The van der Waals surface area contributed by atoms with Gasteiger partial charge in [0.1, 0.15) is 0 Å². The number of benzene rings is 4. The molecule has 0 amide bonds. The molecule has 4 heterocycles. The summed E-state index contributed by atoms with van der Waals surface area (Å²) in [6, 6.07) is 36.3. The minimum atomic E-state index is -0.970. The van der Waals surface area contributed by atoms with Gasteiger partial charge in [-0.3, -0.25) is 4.79 Å². The average Bonchev–Trinajstić information content (AvgIpc) is 4.03. The van der Waals surface area contributed by atoms with E-state index in [1.54, 1.807) is 18.4 Å². The van der Waals surface area contributed by atoms with Crippen molar-refractivity contribution in [2.45, 2.75) is 58.5 Å². The Hall–Kier alpha value is -6.15. The molecule has 8 rings (SSSR count). The van der Waals surface area contributed by atoms with Crippen molar-refractivity contribution in [3.63, 3.8) is 0 Å². The van der Waals surface area contributed by atoms with Crippen LogP contribution in [0, 0.1) is 5.92 Å². The molecule has 1 aliphatic heterocycles. The molecule has 266 valence electrons. The highest BCUT2D eigenvalue weighted by atomic mass is 16.4. The first-order valence-corrected chi connectivity index (χ1v) is 18.4. The molecule has 3 aromatic heterocycles. The van der Waals surface area contributed by atoms with E-state index in [1.165, 1.54) is 19.3 Å². The van der Waals surface area contributed by atoms with E-state index in [0.29, 0.717) is 40.9 Å². The molecule has 2 atom stereocenters. The van der Waals surface area contributed by atoms with Crippen LogP contribution in [0.5, 0.6) is 0 Å². The largest absolute Gasteiger partial charge is 0.478 e. The highest BCUT2D eigenvalue weighted by molar-refractivity contribution is 6.15. The fourth-order valence-electron chi connectivity index (χ4n) is 7.55. The lowest BCUT2D eigenvalue weighted by molar-refractivity contribution is 0.0696. The van der Waals surface area contributed by atoms with Crippen molar-refractivity contribution in [1.82, 2.24) is 4.57 Å². The van der Waals surface area contributed by atoms with Crippen LogP contribution in [-0.2, 0) is 6.54 Å². The second kappa shape index (κ2) is 14.5. The molecule has 0 fully saturated rings. The van der Waals surface area contributed by atoms with Gasteiger partial charge in [0.2, 0.25) is 5.88 Å². The molecule has 7 aromatic rings. The van der Waals surface area contributed by atoms with Crippen LogP contribution in [-0.4, -0.2) is 27.1 Å². The number of carboxylic acids is 1. The second-order valence-corrected chi connectivity index (χ2v) is 13.8. The topological polar surface area (TPSA) is 101 Å². The molecular weight excluding hydrogens is 663 g/mol. The van der Waals surface area contributed by atoms with E-state index in [1.807, 2.05) is 77.8 Å². The van der Waals surface area contributed by atoms with Crippen LogP contribution in [0.2, 0.25) is 0 Å². The zero-order chi connectivity index (χ0) is 36.5. The van der Waals surface area contributed by atoms with Crippen molar-refractivity contribution >= 4 is 45.2 Å². The number of hydrogen-bond donors (Lipinski definition) is 1. The van der Waals surface area contributed by atoms with E-state index in [-0.39, 0.29) is 17.4 Å². The van der Waals surface area contributed by atoms with Crippen LogP contribution in [0.15, 0.2) is 135 Å². The Morgan fingerprint density at radius 3 is 2.28 bits per heavy atom. The van der Waals surface area contributed by atoms with Gasteiger partial charge in [-0.15, -0.1) is 0 Å². The third-order valence-electron chi connectivity index (χ3n) is 10.5. The summed E-state index contributed by atoms with van der Waals surface area (Å²) in [6.45, 7) is 5.42. The second-order valence-electron chi connectivity index (χ2n) is 13.8. The van der Waals surface area contributed by atoms with Crippen LogP contribution in [0.4, 0.5) is 5.88 Å². The molecular formula is C45H41N3O5. The number of carbonyl (C=O) groups excluding carboxylic acids is 1. The molecule has 0 radical (unpaired) electrons. The number of hydrazone groups is 1. The number of aromatic carboxylic acids is 1. The summed E-state index contributed by atoms with van der Waals surface area (Å²) in [4.78, 5) is 25.3. The number of carbonyl (C=O) groups is 2. The van der Waals surface area contributed by atoms with Crippen LogP contribution in [0.1, 0.15) is 89.4 Å². The summed E-state index contributed by atoms with van der Waals surface area (Å²) in [6.07, 6.45) is 6.82. The number of hydrogen-bond acceptors (Lipinski definition) is 6. The SMILES string of the molecule is CCCCC(CC)Cn1c2ccc(C(=O)c3ccccc3)cc2c2cc(C3CC(c4ccc(C(=O)O)cc4)=NN3c3ccc(-c4ccco4)o3)ccc21. The van der Waals surface area contributed by atoms with Gasteiger partial charge in [0.25, 0.3) is 0 Å². The molecule has 8 heteroatoms. The van der Waals surface area contributed by atoms with Crippen molar-refractivity contribution in [3.8, 4) is 11.5 Å². The van der Waals surface area contributed by atoms with Gasteiger partial charge in [0.05, 0.1) is 23.6 Å². The number of aromatic nitrogens is 1. The molecule has 0 spiro atoms.